The standard InChI is InChI=1S/C13H16N4O5/c1-12(2,13(3,4)21-7-18)14-8-5-6-9(17(19)20)11-10(8)15-22-16-11/h5-7,14H,1-4H3. The van der Waals surface area contributed by atoms with Crippen LogP contribution in [0.4, 0.5) is 11.4 Å². The van der Waals surface area contributed by atoms with Gasteiger partial charge in [-0.25, -0.2) is 4.63 Å². The number of nitrogens with zero attached hydrogens (tertiary/aromatic N) is 3. The Labute approximate surface area is 125 Å². The molecule has 1 N–H and O–H groups in total. The summed E-state index contributed by atoms with van der Waals surface area (Å²) in [7, 11) is 0. The molecule has 1 heterocycles. The second-order valence-electron chi connectivity index (χ2n) is 5.83. The number of nitro benzene ring substituents is 1. The van der Waals surface area contributed by atoms with Gasteiger partial charge in [0.1, 0.15) is 5.60 Å². The first-order chi connectivity index (χ1) is 10.2. The van der Waals surface area contributed by atoms with E-state index in [-0.39, 0.29) is 16.7 Å². The molecule has 0 radical (unpaired) electrons. The molecule has 0 atom stereocenters. The number of ether oxygens (including phenoxy) is 1. The summed E-state index contributed by atoms with van der Waals surface area (Å²) in [6.45, 7) is 7.54. The van der Waals surface area contributed by atoms with Crippen LogP contribution in [-0.2, 0) is 9.53 Å². The Morgan fingerprint density at radius 3 is 2.50 bits per heavy atom. The molecule has 1 aromatic heterocycles. The molecule has 0 unspecified atom stereocenters. The van der Waals surface area contributed by atoms with Crippen molar-refractivity contribution in [2.24, 2.45) is 0 Å². The zero-order chi connectivity index (χ0) is 16.5. The fourth-order valence-corrected chi connectivity index (χ4v) is 1.86. The van der Waals surface area contributed by atoms with E-state index >= 15 is 0 Å². The topological polar surface area (TPSA) is 120 Å². The van der Waals surface area contributed by atoms with Crippen LogP contribution < -0.4 is 5.32 Å². The van der Waals surface area contributed by atoms with Gasteiger partial charge in [-0.2, -0.15) is 0 Å². The Kier molecular flexibility index (Phi) is 3.74. The van der Waals surface area contributed by atoms with E-state index in [1.807, 2.05) is 13.8 Å². The van der Waals surface area contributed by atoms with Crippen LogP contribution in [0.3, 0.4) is 0 Å². The first-order valence-electron chi connectivity index (χ1n) is 6.49. The highest BCUT2D eigenvalue weighted by Crippen LogP contribution is 2.34. The lowest BCUT2D eigenvalue weighted by Crippen LogP contribution is -2.52. The summed E-state index contributed by atoms with van der Waals surface area (Å²) in [6.07, 6.45) is 0. The van der Waals surface area contributed by atoms with Gasteiger partial charge in [-0.15, -0.1) is 0 Å². The molecule has 0 spiro atoms. The average molecular weight is 308 g/mol. The number of benzene rings is 1. The van der Waals surface area contributed by atoms with Crippen LogP contribution in [0.5, 0.6) is 0 Å². The summed E-state index contributed by atoms with van der Waals surface area (Å²) in [5.74, 6) is 0. The van der Waals surface area contributed by atoms with Crippen LogP contribution in [0.15, 0.2) is 16.8 Å². The second-order valence-corrected chi connectivity index (χ2v) is 5.83. The van der Waals surface area contributed by atoms with Crippen molar-refractivity contribution in [2.45, 2.75) is 38.8 Å². The number of anilines is 1. The van der Waals surface area contributed by atoms with Crippen LogP contribution in [0.25, 0.3) is 11.0 Å². The van der Waals surface area contributed by atoms with Crippen molar-refractivity contribution < 1.29 is 19.1 Å². The van der Waals surface area contributed by atoms with Crippen LogP contribution in [-0.4, -0.2) is 32.8 Å². The highest BCUT2D eigenvalue weighted by Gasteiger charge is 2.39. The summed E-state index contributed by atoms with van der Waals surface area (Å²) in [5, 5.41) is 21.4. The number of carbonyl (C=O) groups is 1. The normalized spacial score (nSPS) is 12.2. The summed E-state index contributed by atoms with van der Waals surface area (Å²) >= 11 is 0. The number of non-ortho nitro benzene ring substituents is 1. The average Bonchev–Trinajstić information content (AvgIpc) is 2.87. The van der Waals surface area contributed by atoms with Crippen molar-refractivity contribution in [1.82, 2.24) is 10.3 Å². The number of hydrogen-bond donors (Lipinski definition) is 1. The minimum absolute atomic E-state index is 0.0555. The summed E-state index contributed by atoms with van der Waals surface area (Å²) in [6, 6.07) is 2.84. The number of nitrogens with one attached hydrogen (secondary N) is 1. The molecule has 0 saturated heterocycles. The van der Waals surface area contributed by atoms with Crippen molar-refractivity contribution in [3.05, 3.63) is 22.2 Å². The molecule has 9 nitrogen and oxygen atoms in total. The summed E-state index contributed by atoms with van der Waals surface area (Å²) in [4.78, 5) is 21.1. The second kappa shape index (κ2) is 5.24. The summed E-state index contributed by atoms with van der Waals surface area (Å²) < 4.78 is 9.72. The van der Waals surface area contributed by atoms with Crippen LogP contribution in [0.2, 0.25) is 0 Å². The highest BCUT2D eigenvalue weighted by molar-refractivity contribution is 5.93. The predicted molar refractivity (Wildman–Crippen MR) is 77.4 cm³/mol. The van der Waals surface area contributed by atoms with Gasteiger partial charge < -0.3 is 10.1 Å². The van der Waals surface area contributed by atoms with E-state index in [0.29, 0.717) is 12.2 Å². The molecule has 2 aromatic rings. The van der Waals surface area contributed by atoms with Crippen LogP contribution >= 0.6 is 0 Å². The zero-order valence-corrected chi connectivity index (χ0v) is 12.6. The van der Waals surface area contributed by atoms with E-state index in [1.54, 1.807) is 13.8 Å². The molecule has 0 aliphatic carbocycles. The van der Waals surface area contributed by atoms with Gasteiger partial charge in [-0.1, -0.05) is 0 Å². The van der Waals surface area contributed by atoms with E-state index < -0.39 is 16.1 Å². The lowest BCUT2D eigenvalue weighted by molar-refractivity contribution is -0.383. The van der Waals surface area contributed by atoms with Crippen LogP contribution in [0.1, 0.15) is 27.7 Å². The molecule has 9 heteroatoms. The highest BCUT2D eigenvalue weighted by atomic mass is 16.6. The van der Waals surface area contributed by atoms with Crippen molar-refractivity contribution in [3.63, 3.8) is 0 Å². The molecule has 0 aliphatic rings. The Morgan fingerprint density at radius 1 is 1.27 bits per heavy atom. The summed E-state index contributed by atoms with van der Waals surface area (Å²) in [5.41, 5.74) is -0.919. The molecule has 1 aromatic carbocycles. The minimum Gasteiger partial charge on any atom is -0.459 e. The van der Waals surface area contributed by atoms with Gasteiger partial charge in [0, 0.05) is 6.07 Å². The van der Waals surface area contributed by atoms with Crippen molar-refractivity contribution in [2.75, 3.05) is 5.32 Å². The lowest BCUT2D eigenvalue weighted by Gasteiger charge is -2.41. The molecule has 118 valence electrons. The number of rotatable bonds is 6. The maximum atomic E-state index is 11.0. The third-order valence-electron chi connectivity index (χ3n) is 3.89. The molecule has 22 heavy (non-hydrogen) atoms. The maximum absolute atomic E-state index is 11.0. The molecule has 0 fully saturated rings. The van der Waals surface area contributed by atoms with Gasteiger partial charge >= 0.3 is 5.69 Å². The number of aromatic nitrogens is 2. The van der Waals surface area contributed by atoms with E-state index in [0.717, 1.165) is 0 Å². The molecule has 0 amide bonds. The van der Waals surface area contributed by atoms with E-state index in [2.05, 4.69) is 20.3 Å². The Bertz CT molecular complexity index is 722. The quantitative estimate of drug-likeness (QED) is 0.490. The third-order valence-corrected chi connectivity index (χ3v) is 3.89. The van der Waals surface area contributed by atoms with Crippen LogP contribution in [0, 0.1) is 10.1 Å². The zero-order valence-electron chi connectivity index (χ0n) is 12.6. The van der Waals surface area contributed by atoms with Crippen molar-refractivity contribution in [3.8, 4) is 0 Å². The first-order valence-corrected chi connectivity index (χ1v) is 6.49. The van der Waals surface area contributed by atoms with Crippen molar-refractivity contribution >= 4 is 28.9 Å². The number of hydrogen-bond acceptors (Lipinski definition) is 8. The van der Waals surface area contributed by atoms with Gasteiger partial charge in [-0.05, 0) is 44.1 Å². The fourth-order valence-electron chi connectivity index (χ4n) is 1.86. The van der Waals surface area contributed by atoms with Gasteiger partial charge in [0.15, 0.2) is 5.52 Å². The number of carbonyl (C=O) groups excluding carboxylic acids is 1. The molecule has 0 bridgehead atoms. The van der Waals surface area contributed by atoms with Gasteiger partial charge in [0.2, 0.25) is 5.52 Å². The number of fused-ring (bicyclic) bond motifs is 1. The molecule has 2 rings (SSSR count). The third kappa shape index (κ3) is 2.57. The first kappa shape index (κ1) is 15.7. The Hall–Kier alpha value is -2.71. The lowest BCUT2D eigenvalue weighted by atomic mass is 9.85. The smallest absolute Gasteiger partial charge is 0.300 e. The van der Waals surface area contributed by atoms with Gasteiger partial charge in [-0.3, -0.25) is 14.9 Å². The predicted octanol–water partition coefficient (Wildman–Crippen LogP) is 2.27. The molecular formula is C13H16N4O5. The Morgan fingerprint density at radius 2 is 1.91 bits per heavy atom. The van der Waals surface area contributed by atoms with E-state index in [9.17, 15) is 14.9 Å². The fraction of sp³-hybridized carbons (Fsp3) is 0.462. The number of nitro groups is 1. The monoisotopic (exact) mass is 308 g/mol. The Balaban J connectivity index is 2.45. The largest absolute Gasteiger partial charge is 0.459 e. The SMILES string of the molecule is CC(C)(Nc1ccc([N+](=O)[O-])c2nonc12)C(C)(C)OC=O. The van der Waals surface area contributed by atoms with Gasteiger partial charge in [0.05, 0.1) is 16.1 Å². The minimum atomic E-state index is -0.833. The van der Waals surface area contributed by atoms with E-state index in [1.165, 1.54) is 12.1 Å². The van der Waals surface area contributed by atoms with Crippen molar-refractivity contribution in [1.29, 1.82) is 0 Å². The molecule has 0 saturated carbocycles. The maximum Gasteiger partial charge on any atom is 0.300 e. The van der Waals surface area contributed by atoms with E-state index in [4.69, 9.17) is 4.74 Å². The molecule has 0 aliphatic heterocycles. The van der Waals surface area contributed by atoms with Gasteiger partial charge in [0.25, 0.3) is 6.47 Å². The molecular weight excluding hydrogens is 292 g/mol.